The van der Waals surface area contributed by atoms with Gasteiger partial charge >= 0.3 is 121 Å². The monoisotopic (exact) mass is 297 g/mol. The molecule has 0 saturated carbocycles. The van der Waals surface area contributed by atoms with Crippen LogP contribution in [0, 0.1) is 5.41 Å². The second-order valence-corrected chi connectivity index (χ2v) is 9.58. The number of nitrogens with zero attached hydrogens (tertiary/aromatic N) is 1. The van der Waals surface area contributed by atoms with E-state index in [2.05, 4.69) is 25.5 Å². The summed E-state index contributed by atoms with van der Waals surface area (Å²) in [4.78, 5) is 0. The fourth-order valence-corrected chi connectivity index (χ4v) is 5.45. The Balaban J connectivity index is 2.59. The van der Waals surface area contributed by atoms with E-state index >= 15 is 0 Å². The predicted octanol–water partition coefficient (Wildman–Crippen LogP) is 3.72. The molecule has 1 atom stereocenters. The molecule has 0 fully saturated rings. The molecule has 0 saturated heterocycles. The normalized spacial score (nSPS) is 29.8. The summed E-state index contributed by atoms with van der Waals surface area (Å²) in [6, 6.07) is 9.71. The topological polar surface area (TPSA) is 40.0 Å². The summed E-state index contributed by atoms with van der Waals surface area (Å²) in [5.41, 5.74) is -0.672. The van der Waals surface area contributed by atoms with E-state index in [1.165, 1.54) is 0 Å². The van der Waals surface area contributed by atoms with Crippen LogP contribution in [0.3, 0.4) is 0 Å². The molecule has 5 heteroatoms. The van der Waals surface area contributed by atoms with E-state index in [4.69, 9.17) is 13.6 Å². The standard InChI is InChI=1S/C15H24NO3P/c1-14(2,3)15(4)12-16-20(17-5,18-6,19-15)13-10-8-7-9-11-13/h7-12H,1-6H3. The molecule has 2 rings (SSSR count). The Morgan fingerprint density at radius 3 is 2.05 bits per heavy atom. The Bertz CT molecular complexity index is 520. The van der Waals surface area contributed by atoms with Crippen molar-refractivity contribution in [3.05, 3.63) is 30.3 Å². The summed E-state index contributed by atoms with van der Waals surface area (Å²) < 4.78 is 22.7. The van der Waals surface area contributed by atoms with Crippen LogP contribution >= 0.6 is 7.43 Å². The molecule has 1 aromatic rings. The van der Waals surface area contributed by atoms with Gasteiger partial charge in [-0.3, -0.25) is 0 Å². The first kappa shape index (κ1) is 15.6. The summed E-state index contributed by atoms with van der Waals surface area (Å²) >= 11 is 0. The summed E-state index contributed by atoms with van der Waals surface area (Å²) in [7, 11) is -0.476. The van der Waals surface area contributed by atoms with E-state index in [1.807, 2.05) is 43.5 Å². The first-order valence-corrected chi connectivity index (χ1v) is 8.64. The molecular weight excluding hydrogens is 273 g/mol. The van der Waals surface area contributed by atoms with Crippen LogP contribution in [0.5, 0.6) is 0 Å². The van der Waals surface area contributed by atoms with E-state index in [0.717, 1.165) is 5.30 Å². The van der Waals surface area contributed by atoms with Crippen molar-refractivity contribution in [2.75, 3.05) is 14.2 Å². The fourth-order valence-electron chi connectivity index (χ4n) is 2.17. The minimum absolute atomic E-state index is 0.123. The second-order valence-electron chi connectivity index (χ2n) is 6.24. The van der Waals surface area contributed by atoms with Crippen molar-refractivity contribution >= 4 is 19.0 Å². The molecule has 1 aromatic carbocycles. The molecule has 1 aliphatic heterocycles. The van der Waals surface area contributed by atoms with Crippen LogP contribution in [-0.2, 0) is 13.6 Å². The first-order chi connectivity index (χ1) is 9.21. The van der Waals surface area contributed by atoms with E-state index in [-0.39, 0.29) is 5.41 Å². The molecule has 1 unspecified atom stereocenters. The van der Waals surface area contributed by atoms with Gasteiger partial charge in [0, 0.05) is 0 Å². The molecule has 1 heterocycles. The maximum absolute atomic E-state index is 6.44. The van der Waals surface area contributed by atoms with Crippen LogP contribution in [-0.4, -0.2) is 26.0 Å². The van der Waals surface area contributed by atoms with Gasteiger partial charge in [0.2, 0.25) is 0 Å². The van der Waals surface area contributed by atoms with Crippen molar-refractivity contribution in [2.45, 2.75) is 33.3 Å². The SMILES string of the molecule is COP1(OC)(c2ccccc2)N=CC(C)(C(C)(C)C)O1. The van der Waals surface area contributed by atoms with Crippen LogP contribution in [0.4, 0.5) is 0 Å². The van der Waals surface area contributed by atoms with Crippen LogP contribution in [0.25, 0.3) is 0 Å². The Morgan fingerprint density at radius 1 is 1.10 bits per heavy atom. The zero-order chi connectivity index (χ0) is 15.1. The van der Waals surface area contributed by atoms with Gasteiger partial charge in [-0.1, -0.05) is 0 Å². The van der Waals surface area contributed by atoms with E-state index in [1.54, 1.807) is 14.2 Å². The van der Waals surface area contributed by atoms with Crippen molar-refractivity contribution in [1.82, 2.24) is 0 Å². The summed E-state index contributed by atoms with van der Waals surface area (Å²) in [6.07, 6.45) is 1.84. The number of hydrogen-bond acceptors (Lipinski definition) is 4. The van der Waals surface area contributed by atoms with E-state index < -0.39 is 13.0 Å². The number of hydrogen-bond donors (Lipinski definition) is 0. The van der Waals surface area contributed by atoms with Gasteiger partial charge < -0.3 is 0 Å². The molecular formula is C15H24NO3P. The Labute approximate surface area is 121 Å². The quantitative estimate of drug-likeness (QED) is 0.798. The molecule has 0 bridgehead atoms. The third-order valence-electron chi connectivity index (χ3n) is 4.17. The third kappa shape index (κ3) is 2.03. The van der Waals surface area contributed by atoms with E-state index in [0.29, 0.717) is 0 Å². The van der Waals surface area contributed by atoms with Gasteiger partial charge in [-0.15, -0.1) is 0 Å². The summed E-state index contributed by atoms with van der Waals surface area (Å²) in [5, 5.41) is 0.840. The van der Waals surface area contributed by atoms with Gasteiger partial charge in [0.1, 0.15) is 0 Å². The van der Waals surface area contributed by atoms with Crippen LogP contribution in [0.2, 0.25) is 0 Å². The maximum atomic E-state index is 6.44. The van der Waals surface area contributed by atoms with Crippen molar-refractivity contribution in [1.29, 1.82) is 0 Å². The molecule has 0 N–H and O–H groups in total. The number of benzene rings is 1. The molecule has 4 nitrogen and oxygen atoms in total. The summed E-state index contributed by atoms with van der Waals surface area (Å²) in [6.45, 7) is 8.37. The fraction of sp³-hybridized carbons (Fsp3) is 0.533. The van der Waals surface area contributed by atoms with Gasteiger partial charge in [0.05, 0.1) is 0 Å². The Kier molecular flexibility index (Phi) is 3.59. The molecule has 0 amide bonds. The zero-order valence-electron chi connectivity index (χ0n) is 13.1. The summed E-state index contributed by atoms with van der Waals surface area (Å²) in [5.74, 6) is 0. The molecule has 1 aliphatic rings. The van der Waals surface area contributed by atoms with E-state index in [9.17, 15) is 0 Å². The van der Waals surface area contributed by atoms with Crippen molar-refractivity contribution in [2.24, 2.45) is 10.2 Å². The van der Waals surface area contributed by atoms with Crippen LogP contribution in [0.15, 0.2) is 35.1 Å². The van der Waals surface area contributed by atoms with Gasteiger partial charge in [-0.05, 0) is 0 Å². The average molecular weight is 297 g/mol. The van der Waals surface area contributed by atoms with Gasteiger partial charge in [-0.25, -0.2) is 0 Å². The molecule has 20 heavy (non-hydrogen) atoms. The van der Waals surface area contributed by atoms with Crippen molar-refractivity contribution < 1.29 is 13.6 Å². The molecule has 0 radical (unpaired) electrons. The molecule has 0 spiro atoms. The minimum atomic E-state index is -3.67. The van der Waals surface area contributed by atoms with Crippen LogP contribution < -0.4 is 5.30 Å². The Morgan fingerprint density at radius 2 is 1.65 bits per heavy atom. The van der Waals surface area contributed by atoms with Gasteiger partial charge in [-0.2, -0.15) is 0 Å². The molecule has 0 aliphatic carbocycles. The Hall–Kier alpha value is -0.800. The predicted molar refractivity (Wildman–Crippen MR) is 84.5 cm³/mol. The molecule has 0 aromatic heterocycles. The second kappa shape index (κ2) is 4.60. The zero-order valence-corrected chi connectivity index (χ0v) is 14.0. The van der Waals surface area contributed by atoms with Gasteiger partial charge in [0.25, 0.3) is 0 Å². The number of rotatable bonds is 3. The first-order valence-electron chi connectivity index (χ1n) is 6.70. The van der Waals surface area contributed by atoms with Crippen molar-refractivity contribution in [3.63, 3.8) is 0 Å². The van der Waals surface area contributed by atoms with Gasteiger partial charge in [0.15, 0.2) is 0 Å². The third-order valence-corrected chi connectivity index (χ3v) is 7.84. The molecule has 112 valence electrons. The average Bonchev–Trinajstić information content (AvgIpc) is 2.77. The van der Waals surface area contributed by atoms with Crippen molar-refractivity contribution in [3.8, 4) is 0 Å². The van der Waals surface area contributed by atoms with Crippen LogP contribution in [0.1, 0.15) is 27.7 Å².